The second kappa shape index (κ2) is 17.2. The maximum absolute atomic E-state index is 14.8. The quantitative estimate of drug-likeness (QED) is 0.302. The Labute approximate surface area is 337 Å². The number of aliphatic hydroxyl groups excluding tert-OH is 1. The zero-order valence-electron chi connectivity index (χ0n) is 35.5. The number of hydrogen-bond acceptors (Lipinski definition) is 14. The minimum atomic E-state index is -1.39. The average Bonchev–Trinajstić information content (AvgIpc) is 3.45. The van der Waals surface area contributed by atoms with Gasteiger partial charge in [0.05, 0.1) is 67.0 Å². The Bertz CT molecular complexity index is 1630. The maximum atomic E-state index is 14.8. The number of oxime groups is 1. The van der Waals surface area contributed by atoms with Gasteiger partial charge < -0.3 is 43.3 Å². The molecule has 3 unspecified atom stereocenters. The molecule has 318 valence electrons. The molecule has 5 fully saturated rings. The molecular weight excluding hydrogens is 736 g/mol. The Kier molecular flexibility index (Phi) is 13.1. The minimum absolute atomic E-state index is 0.0401. The van der Waals surface area contributed by atoms with Gasteiger partial charge in [0.1, 0.15) is 18.0 Å². The van der Waals surface area contributed by atoms with Gasteiger partial charge in [-0.15, -0.1) is 0 Å². The lowest BCUT2D eigenvalue weighted by molar-refractivity contribution is -0.302. The van der Waals surface area contributed by atoms with Crippen LogP contribution in [-0.4, -0.2) is 137 Å². The SMILES string of the molecule is CC[C@H]1OC(=O)[C@H](C)[C@H]2OCC3COC(C)(C[C@@H](C)C(=O)[C@H](C)[C@@H]4N(C/C3=N/O[C@@H](C)c3ccccn3)C(=O)OC41C)[C@H](O[C@@H]1O[C@H](C)C[C@H](N(C)C)[C@H]1O)[C@H]2C. The van der Waals surface area contributed by atoms with Gasteiger partial charge in [0, 0.05) is 35.9 Å². The van der Waals surface area contributed by atoms with Gasteiger partial charge >= 0.3 is 12.1 Å². The van der Waals surface area contributed by atoms with E-state index in [1.165, 1.54) is 4.90 Å². The molecule has 5 aliphatic heterocycles. The summed E-state index contributed by atoms with van der Waals surface area (Å²) in [5.74, 6) is -3.97. The molecule has 0 aliphatic carbocycles. The molecule has 5 aliphatic rings. The first-order valence-corrected chi connectivity index (χ1v) is 20.7. The highest BCUT2D eigenvalue weighted by molar-refractivity contribution is 5.92. The fraction of sp³-hybridized carbons (Fsp3) is 0.786. The van der Waals surface area contributed by atoms with Crippen molar-refractivity contribution in [1.82, 2.24) is 14.8 Å². The van der Waals surface area contributed by atoms with Crippen LogP contribution in [0.25, 0.3) is 0 Å². The third-order valence-corrected chi connectivity index (χ3v) is 13.2. The number of aliphatic hydroxyl groups is 1. The molecule has 6 rings (SSSR count). The Hall–Kier alpha value is -3.21. The second-order valence-corrected chi connectivity index (χ2v) is 17.7. The van der Waals surface area contributed by atoms with Gasteiger partial charge in [0.25, 0.3) is 0 Å². The van der Waals surface area contributed by atoms with E-state index in [0.717, 1.165) is 0 Å². The van der Waals surface area contributed by atoms with Crippen LogP contribution in [0.3, 0.4) is 0 Å². The molecule has 6 bridgehead atoms. The Morgan fingerprint density at radius 1 is 1.09 bits per heavy atom. The highest BCUT2D eigenvalue weighted by Crippen LogP contribution is 2.45. The number of likely N-dealkylation sites (N-methyl/N-ethyl adjacent to an activating group) is 1. The molecule has 1 aromatic heterocycles. The van der Waals surface area contributed by atoms with E-state index in [2.05, 4.69) is 4.98 Å². The first-order chi connectivity index (χ1) is 26.9. The number of aromatic nitrogens is 1. The average molecular weight is 801 g/mol. The van der Waals surface area contributed by atoms with E-state index in [1.807, 2.05) is 78.7 Å². The van der Waals surface area contributed by atoms with Crippen molar-refractivity contribution >= 4 is 23.6 Å². The van der Waals surface area contributed by atoms with Crippen LogP contribution in [0.1, 0.15) is 93.4 Å². The first-order valence-electron chi connectivity index (χ1n) is 20.7. The Morgan fingerprint density at radius 3 is 2.49 bits per heavy atom. The van der Waals surface area contributed by atoms with E-state index < -0.39 is 95.7 Å². The van der Waals surface area contributed by atoms with Crippen molar-refractivity contribution < 1.29 is 52.7 Å². The molecule has 0 spiro atoms. The van der Waals surface area contributed by atoms with Crippen molar-refractivity contribution in [2.45, 2.75) is 148 Å². The highest BCUT2D eigenvalue weighted by atomic mass is 16.7. The monoisotopic (exact) mass is 800 g/mol. The van der Waals surface area contributed by atoms with Crippen LogP contribution in [0.4, 0.5) is 4.79 Å². The Morgan fingerprint density at radius 2 is 1.82 bits per heavy atom. The predicted molar refractivity (Wildman–Crippen MR) is 208 cm³/mol. The number of esters is 1. The number of pyridine rings is 1. The second-order valence-electron chi connectivity index (χ2n) is 17.7. The summed E-state index contributed by atoms with van der Waals surface area (Å²) in [7, 11) is 3.83. The fourth-order valence-corrected chi connectivity index (χ4v) is 10.0. The van der Waals surface area contributed by atoms with Gasteiger partial charge in [0.15, 0.2) is 18.0 Å². The summed E-state index contributed by atoms with van der Waals surface area (Å²) in [5.41, 5.74) is -1.47. The summed E-state index contributed by atoms with van der Waals surface area (Å²) in [5, 5.41) is 16.4. The number of rotatable bonds is 7. The van der Waals surface area contributed by atoms with Gasteiger partial charge in [-0.2, -0.15) is 0 Å². The van der Waals surface area contributed by atoms with Gasteiger partial charge in [-0.05, 0) is 80.1 Å². The van der Waals surface area contributed by atoms with E-state index in [4.69, 9.17) is 38.4 Å². The maximum Gasteiger partial charge on any atom is 0.411 e. The number of Topliss-reactive ketones (excluding diaryl/α,β-unsaturated/α-hetero) is 1. The van der Waals surface area contributed by atoms with Crippen molar-refractivity contribution in [2.24, 2.45) is 34.7 Å². The number of ether oxygens (including phenoxy) is 6. The molecule has 6 heterocycles. The summed E-state index contributed by atoms with van der Waals surface area (Å²) < 4.78 is 39.7. The van der Waals surface area contributed by atoms with Crippen LogP contribution in [-0.2, 0) is 42.8 Å². The standard InChI is InChI=1S/C42H64N4O11/c1-12-32-42(9)36-24(4)33(47)22(2)18-41(8)37(55-39-34(48)31(45(10)11)17-23(3)53-39)25(5)35(26(6)38(49)54-32)51-20-28(21-52-41)30(19-46(36)40(50)56-42)44-57-27(7)29-15-13-14-16-43-29/h13-16,22-28,31-32,34-37,39,48H,12,17-21H2,1-11H3/b44-30-/t22-,23-,24+,25+,26-,27+,28?,31+,32-,34-,35+,36+,37-,39+,41?,42?/m1/s1. The third-order valence-electron chi connectivity index (χ3n) is 13.2. The largest absolute Gasteiger partial charge is 0.458 e. The van der Waals surface area contributed by atoms with Crippen molar-refractivity contribution in [3.05, 3.63) is 30.1 Å². The molecule has 16 atom stereocenters. The number of amides is 1. The van der Waals surface area contributed by atoms with Crippen molar-refractivity contribution in [3.8, 4) is 0 Å². The van der Waals surface area contributed by atoms with E-state index in [0.29, 0.717) is 24.2 Å². The van der Waals surface area contributed by atoms with Crippen LogP contribution in [0.2, 0.25) is 0 Å². The van der Waals surface area contributed by atoms with Crippen LogP contribution in [0.15, 0.2) is 29.6 Å². The zero-order chi connectivity index (χ0) is 41.6. The van der Waals surface area contributed by atoms with Crippen LogP contribution in [0.5, 0.6) is 0 Å². The van der Waals surface area contributed by atoms with E-state index in [9.17, 15) is 19.5 Å². The number of cyclic esters (lactones) is 1. The number of carbonyl (C=O) groups excluding carboxylic acids is 3. The molecule has 1 amide bonds. The van der Waals surface area contributed by atoms with Gasteiger partial charge in [-0.1, -0.05) is 38.9 Å². The molecular formula is C42H64N4O11. The highest BCUT2D eigenvalue weighted by Gasteiger charge is 2.61. The number of hydrogen-bond donors (Lipinski definition) is 1. The van der Waals surface area contributed by atoms with Gasteiger partial charge in [0.2, 0.25) is 0 Å². The lowest BCUT2D eigenvalue weighted by Crippen LogP contribution is -2.61. The number of carbonyl (C=O) groups is 3. The number of ketones is 1. The molecule has 0 aromatic carbocycles. The molecule has 0 saturated carbocycles. The molecule has 1 aromatic rings. The number of nitrogens with zero attached hydrogens (tertiary/aromatic N) is 4. The topological polar surface area (TPSA) is 168 Å². The zero-order valence-corrected chi connectivity index (χ0v) is 35.5. The summed E-state index contributed by atoms with van der Waals surface area (Å²) in [4.78, 5) is 57.4. The summed E-state index contributed by atoms with van der Waals surface area (Å²) in [6, 6.07) is 4.45. The molecule has 15 heteroatoms. The molecule has 0 radical (unpaired) electrons. The summed E-state index contributed by atoms with van der Waals surface area (Å²) in [6.07, 6.45) is -3.18. The third kappa shape index (κ3) is 8.47. The van der Waals surface area contributed by atoms with E-state index in [1.54, 1.807) is 27.0 Å². The Balaban J connectivity index is 1.54. The smallest absolute Gasteiger partial charge is 0.411 e. The molecule has 5 saturated heterocycles. The first kappa shape index (κ1) is 43.4. The summed E-state index contributed by atoms with van der Waals surface area (Å²) in [6.45, 7) is 16.7. The van der Waals surface area contributed by atoms with E-state index in [-0.39, 0.29) is 44.1 Å². The lowest BCUT2D eigenvalue weighted by Gasteiger charge is -2.48. The van der Waals surface area contributed by atoms with Crippen LogP contribution >= 0.6 is 0 Å². The molecule has 1 N–H and O–H groups in total. The molecule has 15 nitrogen and oxygen atoms in total. The fourth-order valence-electron chi connectivity index (χ4n) is 10.0. The van der Waals surface area contributed by atoms with Gasteiger partial charge in [-0.3, -0.25) is 19.5 Å². The predicted octanol–water partition coefficient (Wildman–Crippen LogP) is 4.55. The lowest BCUT2D eigenvalue weighted by atomic mass is 9.73. The molecule has 57 heavy (non-hydrogen) atoms. The van der Waals surface area contributed by atoms with Crippen LogP contribution in [0, 0.1) is 29.6 Å². The van der Waals surface area contributed by atoms with E-state index >= 15 is 0 Å². The van der Waals surface area contributed by atoms with Gasteiger partial charge in [-0.25, -0.2) is 4.79 Å². The minimum Gasteiger partial charge on any atom is -0.458 e. The van der Waals surface area contributed by atoms with Crippen molar-refractivity contribution in [3.63, 3.8) is 0 Å². The normalized spacial score (nSPS) is 43.1. The van der Waals surface area contributed by atoms with Crippen LogP contribution < -0.4 is 0 Å². The summed E-state index contributed by atoms with van der Waals surface area (Å²) >= 11 is 0. The van der Waals surface area contributed by atoms with Crippen molar-refractivity contribution in [2.75, 3.05) is 33.9 Å². The van der Waals surface area contributed by atoms with Crippen molar-refractivity contribution in [1.29, 1.82) is 0 Å². The number of fused-ring (bicyclic) bond motifs is 5.